The summed E-state index contributed by atoms with van der Waals surface area (Å²) in [4.78, 5) is 0. The quantitative estimate of drug-likeness (QED) is 0.698. The Balaban J connectivity index is 2.09. The van der Waals surface area contributed by atoms with Crippen LogP contribution in [-0.4, -0.2) is 14.8 Å². The zero-order valence-electron chi connectivity index (χ0n) is 12.0. The van der Waals surface area contributed by atoms with E-state index in [2.05, 4.69) is 61.9 Å². The summed E-state index contributed by atoms with van der Waals surface area (Å²) in [5, 5.41) is 8.57. The topological polar surface area (TPSA) is 30.7 Å². The second-order valence-corrected chi connectivity index (χ2v) is 5.85. The number of halogens is 1. The second-order valence-electron chi connectivity index (χ2n) is 4.93. The van der Waals surface area contributed by atoms with Gasteiger partial charge in [-0.25, -0.2) is 0 Å². The molecule has 0 unspecified atom stereocenters. The zero-order valence-corrected chi connectivity index (χ0v) is 13.6. The molecule has 0 saturated heterocycles. The van der Waals surface area contributed by atoms with Gasteiger partial charge in [-0.2, -0.15) is 0 Å². The molecule has 0 atom stereocenters. The van der Waals surface area contributed by atoms with Crippen molar-refractivity contribution in [2.24, 2.45) is 0 Å². The summed E-state index contributed by atoms with van der Waals surface area (Å²) in [7, 11) is 0. The molecule has 2 aromatic carbocycles. The van der Waals surface area contributed by atoms with Crippen LogP contribution in [0.1, 0.15) is 18.3 Å². The molecule has 0 amide bonds. The lowest BCUT2D eigenvalue weighted by atomic mass is 10.1. The first-order chi connectivity index (χ1) is 10.2. The lowest BCUT2D eigenvalue weighted by molar-refractivity contribution is 0.969. The van der Waals surface area contributed by atoms with E-state index in [1.165, 1.54) is 5.56 Å². The third-order valence-electron chi connectivity index (χ3n) is 3.53. The molecule has 1 aromatic heterocycles. The number of aromatic nitrogens is 3. The minimum Gasteiger partial charge on any atom is -0.279 e. The lowest BCUT2D eigenvalue weighted by Crippen LogP contribution is -2.00. The summed E-state index contributed by atoms with van der Waals surface area (Å²) in [6.07, 6.45) is 1.04. The van der Waals surface area contributed by atoms with Gasteiger partial charge in [0.15, 0.2) is 5.82 Å². The predicted octanol–water partition coefficient (Wildman–Crippen LogP) is 4.57. The fourth-order valence-electron chi connectivity index (χ4n) is 2.34. The van der Waals surface area contributed by atoms with Crippen LogP contribution in [0.15, 0.2) is 53.0 Å². The number of aryl methyl sites for hydroxylation is 2. The smallest absolute Gasteiger partial charge is 0.168 e. The number of hydrogen-bond acceptors (Lipinski definition) is 2. The molecule has 0 fully saturated rings. The molecule has 0 aliphatic carbocycles. The third-order valence-corrected chi connectivity index (χ3v) is 4.06. The standard InChI is InChI=1S/C17H16BrN3/c1-3-13-4-10-16(11-5-13)21-12(2)19-20-17(21)14-6-8-15(18)9-7-14/h4-11H,3H2,1-2H3. The molecule has 21 heavy (non-hydrogen) atoms. The highest BCUT2D eigenvalue weighted by Gasteiger charge is 2.12. The van der Waals surface area contributed by atoms with Crippen LogP contribution in [-0.2, 0) is 6.42 Å². The predicted molar refractivity (Wildman–Crippen MR) is 88.6 cm³/mol. The summed E-state index contributed by atoms with van der Waals surface area (Å²) in [6, 6.07) is 16.7. The van der Waals surface area contributed by atoms with Crippen LogP contribution in [0.25, 0.3) is 17.1 Å². The van der Waals surface area contributed by atoms with Gasteiger partial charge in [-0.05, 0) is 43.2 Å². The van der Waals surface area contributed by atoms with Crippen LogP contribution in [0.2, 0.25) is 0 Å². The molecule has 0 aliphatic heterocycles. The van der Waals surface area contributed by atoms with Gasteiger partial charge in [-0.15, -0.1) is 10.2 Å². The summed E-state index contributed by atoms with van der Waals surface area (Å²) in [6.45, 7) is 4.13. The summed E-state index contributed by atoms with van der Waals surface area (Å²) in [5.41, 5.74) is 3.47. The van der Waals surface area contributed by atoms with Gasteiger partial charge in [0.05, 0.1) is 0 Å². The molecule has 4 heteroatoms. The average Bonchev–Trinajstić information content (AvgIpc) is 2.90. The molecule has 3 aromatic rings. The Morgan fingerprint density at radius 3 is 2.24 bits per heavy atom. The summed E-state index contributed by atoms with van der Waals surface area (Å²) in [5.74, 6) is 1.75. The van der Waals surface area contributed by atoms with Crippen LogP contribution in [0.4, 0.5) is 0 Å². The molecular formula is C17H16BrN3. The Labute approximate surface area is 132 Å². The number of hydrogen-bond donors (Lipinski definition) is 0. The van der Waals surface area contributed by atoms with E-state index in [-0.39, 0.29) is 0 Å². The second kappa shape index (κ2) is 5.82. The van der Waals surface area contributed by atoms with Crippen molar-refractivity contribution in [3.63, 3.8) is 0 Å². The van der Waals surface area contributed by atoms with E-state index in [0.29, 0.717) is 0 Å². The van der Waals surface area contributed by atoms with Gasteiger partial charge in [-0.1, -0.05) is 47.1 Å². The highest BCUT2D eigenvalue weighted by molar-refractivity contribution is 9.10. The van der Waals surface area contributed by atoms with Gasteiger partial charge in [0.2, 0.25) is 0 Å². The van der Waals surface area contributed by atoms with E-state index in [1.807, 2.05) is 31.2 Å². The molecule has 0 saturated carbocycles. The first-order valence-electron chi connectivity index (χ1n) is 6.96. The minimum absolute atomic E-state index is 0.865. The highest BCUT2D eigenvalue weighted by atomic mass is 79.9. The first kappa shape index (κ1) is 14.0. The largest absolute Gasteiger partial charge is 0.279 e. The number of rotatable bonds is 3. The Hall–Kier alpha value is -1.94. The molecular weight excluding hydrogens is 326 g/mol. The molecule has 1 heterocycles. The van der Waals surface area contributed by atoms with Crippen molar-refractivity contribution < 1.29 is 0 Å². The van der Waals surface area contributed by atoms with E-state index in [0.717, 1.165) is 33.8 Å². The van der Waals surface area contributed by atoms with Gasteiger partial charge < -0.3 is 0 Å². The molecule has 0 N–H and O–H groups in total. The van der Waals surface area contributed by atoms with E-state index in [4.69, 9.17) is 0 Å². The Morgan fingerprint density at radius 1 is 0.952 bits per heavy atom. The lowest BCUT2D eigenvalue weighted by Gasteiger charge is -2.09. The van der Waals surface area contributed by atoms with Crippen molar-refractivity contribution in [1.29, 1.82) is 0 Å². The molecule has 0 bridgehead atoms. The molecule has 3 nitrogen and oxygen atoms in total. The third kappa shape index (κ3) is 2.76. The van der Waals surface area contributed by atoms with E-state index in [1.54, 1.807) is 0 Å². The van der Waals surface area contributed by atoms with Crippen molar-refractivity contribution in [2.45, 2.75) is 20.3 Å². The monoisotopic (exact) mass is 341 g/mol. The normalized spacial score (nSPS) is 10.8. The van der Waals surface area contributed by atoms with Crippen molar-refractivity contribution >= 4 is 15.9 Å². The molecule has 0 radical (unpaired) electrons. The van der Waals surface area contributed by atoms with Crippen LogP contribution in [0.3, 0.4) is 0 Å². The van der Waals surface area contributed by atoms with Crippen molar-refractivity contribution in [3.05, 3.63) is 64.4 Å². The van der Waals surface area contributed by atoms with E-state index >= 15 is 0 Å². The van der Waals surface area contributed by atoms with Crippen molar-refractivity contribution in [2.75, 3.05) is 0 Å². The fourth-order valence-corrected chi connectivity index (χ4v) is 2.60. The minimum atomic E-state index is 0.865. The zero-order chi connectivity index (χ0) is 14.8. The van der Waals surface area contributed by atoms with Gasteiger partial charge in [-0.3, -0.25) is 4.57 Å². The van der Waals surface area contributed by atoms with Crippen LogP contribution in [0, 0.1) is 6.92 Å². The fraction of sp³-hybridized carbons (Fsp3) is 0.176. The Morgan fingerprint density at radius 2 is 1.62 bits per heavy atom. The maximum absolute atomic E-state index is 4.33. The molecule has 3 rings (SSSR count). The number of benzene rings is 2. The van der Waals surface area contributed by atoms with Gasteiger partial charge in [0.1, 0.15) is 5.82 Å². The van der Waals surface area contributed by atoms with Crippen LogP contribution >= 0.6 is 15.9 Å². The molecule has 0 aliphatic rings. The SMILES string of the molecule is CCc1ccc(-n2c(C)nnc2-c2ccc(Br)cc2)cc1. The summed E-state index contributed by atoms with van der Waals surface area (Å²) >= 11 is 3.46. The maximum atomic E-state index is 4.33. The summed E-state index contributed by atoms with van der Waals surface area (Å²) < 4.78 is 3.14. The highest BCUT2D eigenvalue weighted by Crippen LogP contribution is 2.24. The van der Waals surface area contributed by atoms with Gasteiger partial charge >= 0.3 is 0 Å². The first-order valence-corrected chi connectivity index (χ1v) is 7.75. The Bertz CT molecular complexity index is 743. The van der Waals surface area contributed by atoms with E-state index < -0.39 is 0 Å². The van der Waals surface area contributed by atoms with Crippen molar-refractivity contribution in [3.8, 4) is 17.1 Å². The molecule has 0 spiro atoms. The van der Waals surface area contributed by atoms with Gasteiger partial charge in [0, 0.05) is 15.7 Å². The van der Waals surface area contributed by atoms with Gasteiger partial charge in [0.25, 0.3) is 0 Å². The van der Waals surface area contributed by atoms with Crippen LogP contribution < -0.4 is 0 Å². The number of nitrogens with zero attached hydrogens (tertiary/aromatic N) is 3. The molecule has 106 valence electrons. The maximum Gasteiger partial charge on any atom is 0.168 e. The van der Waals surface area contributed by atoms with E-state index in [9.17, 15) is 0 Å². The average molecular weight is 342 g/mol. The van der Waals surface area contributed by atoms with Crippen LogP contribution in [0.5, 0.6) is 0 Å². The van der Waals surface area contributed by atoms with Crippen molar-refractivity contribution in [1.82, 2.24) is 14.8 Å². The Kier molecular flexibility index (Phi) is 3.88.